The minimum Gasteiger partial charge on any atom is -0.468 e. The average molecular weight is 225 g/mol. The van der Waals surface area contributed by atoms with Crippen molar-refractivity contribution in [1.29, 1.82) is 0 Å². The number of esters is 1. The van der Waals surface area contributed by atoms with Gasteiger partial charge in [0.1, 0.15) is 0 Å². The Morgan fingerprint density at radius 3 is 2.67 bits per heavy atom. The maximum absolute atomic E-state index is 11.7. The van der Waals surface area contributed by atoms with Crippen LogP contribution in [0.25, 0.3) is 0 Å². The summed E-state index contributed by atoms with van der Waals surface area (Å²) in [6.45, 7) is 0. The van der Waals surface area contributed by atoms with Crippen molar-refractivity contribution < 1.29 is 9.53 Å². The van der Waals surface area contributed by atoms with Gasteiger partial charge in [-0.2, -0.15) is 0 Å². The second kappa shape index (κ2) is 3.86. The molecule has 0 atom stereocenters. The molecule has 0 N–H and O–H groups in total. The van der Waals surface area contributed by atoms with Crippen molar-refractivity contribution in [3.8, 4) is 0 Å². The Hall–Kier alpha value is -1.02. The standard InChI is InChI=1S/C12H13ClO2/c1-15-11(14)12(6-7-12)10-5-3-2-4-9(10)8-13/h2-5H,6-8H2,1H3. The predicted octanol–water partition coefficient (Wildman–Crippen LogP) is 2.63. The summed E-state index contributed by atoms with van der Waals surface area (Å²) >= 11 is 5.86. The van der Waals surface area contributed by atoms with Gasteiger partial charge in [-0.1, -0.05) is 24.3 Å². The van der Waals surface area contributed by atoms with Gasteiger partial charge in [0.15, 0.2) is 0 Å². The highest BCUT2D eigenvalue weighted by Gasteiger charge is 2.53. The third-order valence-corrected chi connectivity index (χ3v) is 3.29. The first-order chi connectivity index (χ1) is 7.24. The Bertz CT molecular complexity index is 383. The van der Waals surface area contributed by atoms with Crippen LogP contribution < -0.4 is 0 Å². The van der Waals surface area contributed by atoms with Gasteiger partial charge in [0, 0.05) is 5.88 Å². The molecule has 0 amide bonds. The SMILES string of the molecule is COC(=O)C1(c2ccccc2CCl)CC1. The second-order valence-electron chi connectivity index (χ2n) is 3.86. The molecule has 2 nitrogen and oxygen atoms in total. The Morgan fingerprint density at radius 1 is 1.47 bits per heavy atom. The zero-order chi connectivity index (χ0) is 10.9. The lowest BCUT2D eigenvalue weighted by Gasteiger charge is -2.15. The molecular weight excluding hydrogens is 212 g/mol. The number of alkyl halides is 1. The third kappa shape index (κ3) is 1.63. The molecule has 0 saturated heterocycles. The van der Waals surface area contributed by atoms with Crippen LogP contribution in [0.5, 0.6) is 0 Å². The van der Waals surface area contributed by atoms with Crippen LogP contribution in [0.1, 0.15) is 24.0 Å². The van der Waals surface area contributed by atoms with Gasteiger partial charge in [-0.05, 0) is 24.0 Å². The highest BCUT2D eigenvalue weighted by Crippen LogP contribution is 2.50. The molecule has 1 saturated carbocycles. The lowest BCUT2D eigenvalue weighted by molar-refractivity contribution is -0.143. The lowest BCUT2D eigenvalue weighted by Crippen LogP contribution is -2.23. The van der Waals surface area contributed by atoms with Crippen molar-refractivity contribution in [2.24, 2.45) is 0 Å². The highest BCUT2D eigenvalue weighted by atomic mass is 35.5. The summed E-state index contributed by atoms with van der Waals surface area (Å²) in [4.78, 5) is 11.7. The van der Waals surface area contributed by atoms with Crippen molar-refractivity contribution in [1.82, 2.24) is 0 Å². The van der Waals surface area contributed by atoms with Crippen molar-refractivity contribution >= 4 is 17.6 Å². The van der Waals surface area contributed by atoms with Gasteiger partial charge in [0.25, 0.3) is 0 Å². The van der Waals surface area contributed by atoms with Crippen LogP contribution in [-0.2, 0) is 20.8 Å². The maximum atomic E-state index is 11.7. The van der Waals surface area contributed by atoms with Gasteiger partial charge >= 0.3 is 5.97 Å². The summed E-state index contributed by atoms with van der Waals surface area (Å²) in [5, 5.41) is 0. The van der Waals surface area contributed by atoms with Crippen molar-refractivity contribution in [3.63, 3.8) is 0 Å². The van der Waals surface area contributed by atoms with Crippen molar-refractivity contribution in [3.05, 3.63) is 35.4 Å². The molecule has 0 bridgehead atoms. The van der Waals surface area contributed by atoms with E-state index in [-0.39, 0.29) is 5.97 Å². The summed E-state index contributed by atoms with van der Waals surface area (Å²) < 4.78 is 4.85. The van der Waals surface area contributed by atoms with Gasteiger partial charge in [-0.3, -0.25) is 4.79 Å². The number of halogens is 1. The molecule has 0 aromatic heterocycles. The number of rotatable bonds is 3. The molecule has 1 aliphatic rings. The maximum Gasteiger partial charge on any atom is 0.316 e. The Morgan fingerprint density at radius 2 is 2.13 bits per heavy atom. The summed E-state index contributed by atoms with van der Waals surface area (Å²) in [5.74, 6) is 0.301. The van der Waals surface area contributed by atoms with Crippen LogP contribution >= 0.6 is 11.6 Å². The quantitative estimate of drug-likeness (QED) is 0.583. The first-order valence-electron chi connectivity index (χ1n) is 4.97. The molecule has 0 spiro atoms. The zero-order valence-corrected chi connectivity index (χ0v) is 9.38. The van der Waals surface area contributed by atoms with E-state index >= 15 is 0 Å². The molecule has 15 heavy (non-hydrogen) atoms. The third-order valence-electron chi connectivity index (χ3n) is 3.00. The summed E-state index contributed by atoms with van der Waals surface area (Å²) in [6, 6.07) is 7.82. The van der Waals surface area contributed by atoms with E-state index in [1.165, 1.54) is 7.11 Å². The second-order valence-corrected chi connectivity index (χ2v) is 4.13. The molecule has 0 heterocycles. The molecule has 0 radical (unpaired) electrons. The molecule has 1 aromatic rings. The number of methoxy groups -OCH3 is 1. The summed E-state index contributed by atoms with van der Waals surface area (Å²) in [6.07, 6.45) is 1.74. The van der Waals surface area contributed by atoms with E-state index in [9.17, 15) is 4.79 Å². The van der Waals surface area contributed by atoms with Crippen molar-refractivity contribution in [2.75, 3.05) is 7.11 Å². The minimum absolute atomic E-state index is 0.139. The van der Waals surface area contributed by atoms with Crippen LogP contribution in [0, 0.1) is 0 Å². The fourth-order valence-corrected chi connectivity index (χ4v) is 2.24. The molecule has 2 rings (SSSR count). The van der Waals surface area contributed by atoms with Crippen LogP contribution in [-0.4, -0.2) is 13.1 Å². The molecule has 80 valence electrons. The monoisotopic (exact) mass is 224 g/mol. The molecule has 1 aliphatic carbocycles. The molecule has 1 fully saturated rings. The minimum atomic E-state index is -0.403. The van der Waals surface area contributed by atoms with E-state index in [0.717, 1.165) is 24.0 Å². The Kier molecular flexibility index (Phi) is 2.70. The number of benzene rings is 1. The topological polar surface area (TPSA) is 26.3 Å². The molecular formula is C12H13ClO2. The van der Waals surface area contributed by atoms with Crippen LogP contribution in [0.15, 0.2) is 24.3 Å². The van der Waals surface area contributed by atoms with Crippen LogP contribution in [0.2, 0.25) is 0 Å². The van der Waals surface area contributed by atoms with E-state index in [1.807, 2.05) is 24.3 Å². The summed E-state index contributed by atoms with van der Waals surface area (Å²) in [7, 11) is 1.44. The van der Waals surface area contributed by atoms with E-state index in [2.05, 4.69) is 0 Å². The molecule has 0 aliphatic heterocycles. The van der Waals surface area contributed by atoms with E-state index < -0.39 is 5.41 Å². The first-order valence-corrected chi connectivity index (χ1v) is 5.51. The van der Waals surface area contributed by atoms with Crippen molar-refractivity contribution in [2.45, 2.75) is 24.1 Å². The lowest BCUT2D eigenvalue weighted by atomic mass is 9.92. The number of hydrogen-bond donors (Lipinski definition) is 0. The normalized spacial score (nSPS) is 17.2. The first kappa shape index (κ1) is 10.5. The van der Waals surface area contributed by atoms with Gasteiger partial charge in [0.05, 0.1) is 12.5 Å². The number of carbonyl (C=O) groups excluding carboxylic acids is 1. The fraction of sp³-hybridized carbons (Fsp3) is 0.417. The van der Waals surface area contributed by atoms with Crippen LogP contribution in [0.3, 0.4) is 0 Å². The molecule has 0 unspecified atom stereocenters. The highest BCUT2D eigenvalue weighted by molar-refractivity contribution is 6.17. The summed E-state index contributed by atoms with van der Waals surface area (Å²) in [5.41, 5.74) is 1.66. The van der Waals surface area contributed by atoms with Gasteiger partial charge < -0.3 is 4.74 Å². The fourth-order valence-electron chi connectivity index (χ4n) is 2.01. The largest absolute Gasteiger partial charge is 0.468 e. The molecule has 3 heteroatoms. The van der Waals surface area contributed by atoms with Gasteiger partial charge in [-0.25, -0.2) is 0 Å². The number of hydrogen-bond acceptors (Lipinski definition) is 2. The molecule has 1 aromatic carbocycles. The predicted molar refractivity (Wildman–Crippen MR) is 58.9 cm³/mol. The smallest absolute Gasteiger partial charge is 0.316 e. The van der Waals surface area contributed by atoms with Gasteiger partial charge in [0.2, 0.25) is 0 Å². The Balaban J connectivity index is 2.41. The van der Waals surface area contributed by atoms with E-state index in [0.29, 0.717) is 5.88 Å². The number of carbonyl (C=O) groups is 1. The van der Waals surface area contributed by atoms with E-state index in [1.54, 1.807) is 0 Å². The van der Waals surface area contributed by atoms with Gasteiger partial charge in [-0.15, -0.1) is 11.6 Å². The zero-order valence-electron chi connectivity index (χ0n) is 8.63. The van der Waals surface area contributed by atoms with Crippen LogP contribution in [0.4, 0.5) is 0 Å². The average Bonchev–Trinajstić information content (AvgIpc) is 3.09. The Labute approximate surface area is 94.2 Å². The van der Waals surface area contributed by atoms with E-state index in [4.69, 9.17) is 16.3 Å². The number of ether oxygens (including phenoxy) is 1.